The minimum absolute atomic E-state index is 0.310. The summed E-state index contributed by atoms with van der Waals surface area (Å²) in [5.41, 5.74) is 1.04. The summed E-state index contributed by atoms with van der Waals surface area (Å²) in [5, 5.41) is 12.7. The van der Waals surface area contributed by atoms with Crippen molar-refractivity contribution in [2.45, 2.75) is 25.9 Å². The second-order valence-electron chi connectivity index (χ2n) is 4.73. The largest absolute Gasteiger partial charge is 0.508 e. The number of nitrogens with one attached hydrogen (secondary N) is 1. The molecule has 17 heavy (non-hydrogen) atoms. The summed E-state index contributed by atoms with van der Waals surface area (Å²) in [7, 11) is 0. The first-order valence-corrected chi connectivity index (χ1v) is 6.41. The molecular weight excluding hydrogens is 214 g/mol. The first-order valence-electron chi connectivity index (χ1n) is 6.41. The zero-order valence-corrected chi connectivity index (χ0v) is 10.2. The molecule has 0 radical (unpaired) electrons. The van der Waals surface area contributed by atoms with Gasteiger partial charge in [0.2, 0.25) is 0 Å². The maximum absolute atomic E-state index is 9.33. The highest BCUT2D eigenvalue weighted by Crippen LogP contribution is 2.16. The molecule has 3 nitrogen and oxygen atoms in total. The Hall–Kier alpha value is -1.06. The normalized spacial score (nSPS) is 21.1. The van der Waals surface area contributed by atoms with E-state index in [1.165, 1.54) is 19.3 Å². The first-order chi connectivity index (χ1) is 8.34. The Morgan fingerprint density at radius 1 is 1.29 bits per heavy atom. The van der Waals surface area contributed by atoms with Crippen LogP contribution in [0.2, 0.25) is 0 Å². The molecule has 1 saturated heterocycles. The molecule has 3 heteroatoms. The van der Waals surface area contributed by atoms with Crippen LogP contribution in [0.4, 0.5) is 0 Å². The van der Waals surface area contributed by atoms with Crippen molar-refractivity contribution in [1.29, 1.82) is 0 Å². The molecular formula is C14H21NO2. The van der Waals surface area contributed by atoms with Gasteiger partial charge in [0.05, 0.1) is 6.61 Å². The number of rotatable bonds is 4. The Bertz CT molecular complexity index is 333. The van der Waals surface area contributed by atoms with Crippen molar-refractivity contribution in [3.8, 4) is 5.75 Å². The quantitative estimate of drug-likeness (QED) is 0.841. The lowest BCUT2D eigenvalue weighted by Gasteiger charge is -2.13. The number of phenols is 1. The van der Waals surface area contributed by atoms with Gasteiger partial charge in [0, 0.05) is 6.61 Å². The molecule has 1 fully saturated rings. The van der Waals surface area contributed by atoms with Crippen LogP contribution in [-0.4, -0.2) is 24.8 Å². The Balaban J connectivity index is 1.71. The smallest absolute Gasteiger partial charge is 0.115 e. The summed E-state index contributed by atoms with van der Waals surface area (Å²) in [6.45, 7) is 3.68. The van der Waals surface area contributed by atoms with Crippen LogP contribution in [0.3, 0.4) is 0 Å². The SMILES string of the molecule is Oc1cccc(COCC2CCCNCC2)c1. The molecule has 1 aromatic carbocycles. The molecule has 94 valence electrons. The molecule has 0 amide bonds. The highest BCUT2D eigenvalue weighted by atomic mass is 16.5. The van der Waals surface area contributed by atoms with Gasteiger partial charge in [-0.05, 0) is 56.0 Å². The van der Waals surface area contributed by atoms with Crippen LogP contribution in [0.25, 0.3) is 0 Å². The molecule has 1 aliphatic rings. The third kappa shape index (κ3) is 4.36. The highest BCUT2D eigenvalue weighted by molar-refractivity contribution is 5.26. The van der Waals surface area contributed by atoms with Crippen LogP contribution in [0.5, 0.6) is 5.75 Å². The van der Waals surface area contributed by atoms with E-state index in [-0.39, 0.29) is 0 Å². The minimum atomic E-state index is 0.310. The number of aromatic hydroxyl groups is 1. The van der Waals surface area contributed by atoms with Crippen LogP contribution in [0.1, 0.15) is 24.8 Å². The lowest BCUT2D eigenvalue weighted by molar-refractivity contribution is 0.0828. The summed E-state index contributed by atoms with van der Waals surface area (Å²) in [6.07, 6.45) is 3.72. The van der Waals surface area contributed by atoms with Gasteiger partial charge in [-0.1, -0.05) is 12.1 Å². The zero-order chi connectivity index (χ0) is 11.9. The van der Waals surface area contributed by atoms with Crippen molar-refractivity contribution in [3.63, 3.8) is 0 Å². The molecule has 1 aromatic rings. The van der Waals surface area contributed by atoms with Gasteiger partial charge in [-0.3, -0.25) is 0 Å². The summed E-state index contributed by atoms with van der Waals surface area (Å²) < 4.78 is 5.73. The van der Waals surface area contributed by atoms with Gasteiger partial charge in [0.1, 0.15) is 5.75 Å². The van der Waals surface area contributed by atoms with Crippen LogP contribution in [-0.2, 0) is 11.3 Å². The average molecular weight is 235 g/mol. The molecule has 1 aliphatic heterocycles. The molecule has 0 aromatic heterocycles. The third-order valence-corrected chi connectivity index (χ3v) is 3.23. The van der Waals surface area contributed by atoms with E-state index in [9.17, 15) is 5.11 Å². The fourth-order valence-corrected chi connectivity index (χ4v) is 2.25. The van der Waals surface area contributed by atoms with Crippen molar-refractivity contribution in [3.05, 3.63) is 29.8 Å². The monoisotopic (exact) mass is 235 g/mol. The van der Waals surface area contributed by atoms with Crippen molar-refractivity contribution >= 4 is 0 Å². The molecule has 0 saturated carbocycles. The van der Waals surface area contributed by atoms with E-state index in [0.717, 1.165) is 25.3 Å². The second kappa shape index (κ2) is 6.62. The van der Waals surface area contributed by atoms with E-state index in [0.29, 0.717) is 18.3 Å². The van der Waals surface area contributed by atoms with Crippen LogP contribution < -0.4 is 5.32 Å². The van der Waals surface area contributed by atoms with Gasteiger partial charge in [0.15, 0.2) is 0 Å². The summed E-state index contributed by atoms with van der Waals surface area (Å²) >= 11 is 0. The van der Waals surface area contributed by atoms with E-state index < -0.39 is 0 Å². The summed E-state index contributed by atoms with van der Waals surface area (Å²) in [5.74, 6) is 0.993. The van der Waals surface area contributed by atoms with Crippen molar-refractivity contribution < 1.29 is 9.84 Å². The van der Waals surface area contributed by atoms with E-state index in [1.807, 2.05) is 12.1 Å². The predicted molar refractivity (Wildman–Crippen MR) is 68.0 cm³/mol. The fraction of sp³-hybridized carbons (Fsp3) is 0.571. The van der Waals surface area contributed by atoms with Crippen LogP contribution in [0, 0.1) is 5.92 Å². The van der Waals surface area contributed by atoms with Crippen LogP contribution in [0.15, 0.2) is 24.3 Å². The zero-order valence-electron chi connectivity index (χ0n) is 10.2. The molecule has 1 atom stereocenters. The minimum Gasteiger partial charge on any atom is -0.508 e. The van der Waals surface area contributed by atoms with Crippen molar-refractivity contribution in [2.75, 3.05) is 19.7 Å². The molecule has 0 spiro atoms. The lowest BCUT2D eigenvalue weighted by Crippen LogP contribution is -2.15. The molecule has 2 N–H and O–H groups in total. The van der Waals surface area contributed by atoms with Crippen molar-refractivity contribution in [2.24, 2.45) is 5.92 Å². The molecule has 2 rings (SSSR count). The van der Waals surface area contributed by atoms with Crippen molar-refractivity contribution in [1.82, 2.24) is 5.32 Å². The number of ether oxygens (including phenoxy) is 1. The van der Waals surface area contributed by atoms with Gasteiger partial charge in [0.25, 0.3) is 0 Å². The number of phenolic OH excluding ortho intramolecular Hbond substituents is 1. The Morgan fingerprint density at radius 2 is 2.24 bits per heavy atom. The third-order valence-electron chi connectivity index (χ3n) is 3.23. The van der Waals surface area contributed by atoms with Gasteiger partial charge in [-0.15, -0.1) is 0 Å². The topological polar surface area (TPSA) is 41.5 Å². The molecule has 1 unspecified atom stereocenters. The molecule has 0 bridgehead atoms. The maximum atomic E-state index is 9.33. The predicted octanol–water partition coefficient (Wildman–Crippen LogP) is 2.30. The summed E-state index contributed by atoms with van der Waals surface area (Å²) in [6, 6.07) is 7.27. The Labute approximate surface area is 103 Å². The van der Waals surface area contributed by atoms with E-state index in [1.54, 1.807) is 12.1 Å². The second-order valence-corrected chi connectivity index (χ2v) is 4.73. The number of hydrogen-bond donors (Lipinski definition) is 2. The van der Waals surface area contributed by atoms with Crippen LogP contribution >= 0.6 is 0 Å². The Kier molecular flexibility index (Phi) is 4.83. The van der Waals surface area contributed by atoms with E-state index in [2.05, 4.69) is 5.32 Å². The number of hydrogen-bond acceptors (Lipinski definition) is 3. The van der Waals surface area contributed by atoms with E-state index >= 15 is 0 Å². The molecule has 1 heterocycles. The lowest BCUT2D eigenvalue weighted by atomic mass is 10.0. The average Bonchev–Trinajstić information content (AvgIpc) is 2.58. The Morgan fingerprint density at radius 3 is 3.12 bits per heavy atom. The van der Waals surface area contributed by atoms with E-state index in [4.69, 9.17) is 4.74 Å². The maximum Gasteiger partial charge on any atom is 0.115 e. The van der Waals surface area contributed by atoms with Gasteiger partial charge >= 0.3 is 0 Å². The van der Waals surface area contributed by atoms with Gasteiger partial charge in [-0.2, -0.15) is 0 Å². The fourth-order valence-electron chi connectivity index (χ4n) is 2.25. The first kappa shape index (κ1) is 12.4. The summed E-state index contributed by atoms with van der Waals surface area (Å²) in [4.78, 5) is 0. The van der Waals surface area contributed by atoms with Gasteiger partial charge < -0.3 is 15.2 Å². The number of benzene rings is 1. The molecule has 0 aliphatic carbocycles. The van der Waals surface area contributed by atoms with Gasteiger partial charge in [-0.25, -0.2) is 0 Å². The standard InChI is InChI=1S/C14H21NO2/c16-14-5-1-3-13(9-14)11-17-10-12-4-2-7-15-8-6-12/h1,3,5,9,12,15-16H,2,4,6-8,10-11H2. The highest BCUT2D eigenvalue weighted by Gasteiger charge is 2.11.